The summed E-state index contributed by atoms with van der Waals surface area (Å²) in [6, 6.07) is 72.8. The van der Waals surface area contributed by atoms with Crippen LogP contribution in [-0.4, -0.2) is 0 Å². The van der Waals surface area contributed by atoms with Crippen molar-refractivity contribution in [3.8, 4) is 33.4 Å². The lowest BCUT2D eigenvalue weighted by molar-refractivity contribution is 1.28. The van der Waals surface area contributed by atoms with Crippen molar-refractivity contribution in [2.24, 2.45) is 0 Å². The minimum atomic E-state index is 1.11. The van der Waals surface area contributed by atoms with Gasteiger partial charge >= 0.3 is 0 Å². The second kappa shape index (κ2) is 12.7. The number of anilines is 3. The third kappa shape index (κ3) is 5.33. The van der Waals surface area contributed by atoms with E-state index in [0.717, 1.165) is 17.1 Å². The van der Waals surface area contributed by atoms with E-state index < -0.39 is 0 Å². The zero-order valence-corrected chi connectivity index (χ0v) is 29.2. The zero-order valence-electron chi connectivity index (χ0n) is 28.4. The molecule has 1 aromatic heterocycles. The number of fused-ring (bicyclic) bond motifs is 6. The SMILES string of the molecule is c1ccc(-c2ccc(N(c3ccc(-c4ccc5sc6c7ccccc7ccc6c5c4)cc3)c3cccc(-c4cccc5ccccc45)c3)cc2)cc1. The maximum Gasteiger partial charge on any atom is 0.0467 e. The number of hydrogen-bond donors (Lipinski definition) is 0. The van der Waals surface area contributed by atoms with Crippen LogP contribution in [0.2, 0.25) is 0 Å². The van der Waals surface area contributed by atoms with Gasteiger partial charge in [0.05, 0.1) is 0 Å². The molecule has 9 aromatic carbocycles. The van der Waals surface area contributed by atoms with Crippen molar-refractivity contribution in [3.63, 3.8) is 0 Å². The number of nitrogens with zero attached hydrogens (tertiary/aromatic N) is 1. The van der Waals surface area contributed by atoms with E-state index in [1.54, 1.807) is 0 Å². The van der Waals surface area contributed by atoms with Crippen LogP contribution in [0.25, 0.3) is 75.1 Å². The summed E-state index contributed by atoms with van der Waals surface area (Å²) in [7, 11) is 0. The molecule has 2 heteroatoms. The molecular weight excluding hydrogens is 647 g/mol. The van der Waals surface area contributed by atoms with Gasteiger partial charge in [-0.1, -0.05) is 152 Å². The van der Waals surface area contributed by atoms with E-state index in [4.69, 9.17) is 0 Å². The van der Waals surface area contributed by atoms with E-state index in [9.17, 15) is 0 Å². The predicted octanol–water partition coefficient (Wildman–Crippen LogP) is 14.8. The fourth-order valence-corrected chi connectivity index (χ4v) is 8.88. The quantitative estimate of drug-likeness (QED) is 0.169. The van der Waals surface area contributed by atoms with Crippen LogP contribution in [0.3, 0.4) is 0 Å². The molecule has 244 valence electrons. The topological polar surface area (TPSA) is 3.24 Å². The van der Waals surface area contributed by atoms with Crippen LogP contribution in [0.4, 0.5) is 17.1 Å². The highest BCUT2D eigenvalue weighted by Crippen LogP contribution is 2.42. The van der Waals surface area contributed by atoms with Gasteiger partial charge in [-0.05, 0) is 103 Å². The first kappa shape index (κ1) is 30.4. The van der Waals surface area contributed by atoms with Gasteiger partial charge in [-0.3, -0.25) is 0 Å². The Morgan fingerprint density at radius 2 is 0.885 bits per heavy atom. The Morgan fingerprint density at radius 3 is 1.65 bits per heavy atom. The molecule has 0 fully saturated rings. The van der Waals surface area contributed by atoms with Gasteiger partial charge in [-0.15, -0.1) is 11.3 Å². The molecule has 0 aliphatic heterocycles. The van der Waals surface area contributed by atoms with E-state index >= 15 is 0 Å². The Balaban J connectivity index is 1.06. The Morgan fingerprint density at radius 1 is 0.308 bits per heavy atom. The van der Waals surface area contributed by atoms with Gasteiger partial charge in [0, 0.05) is 37.2 Å². The van der Waals surface area contributed by atoms with Crippen molar-refractivity contribution in [1.82, 2.24) is 0 Å². The summed E-state index contributed by atoms with van der Waals surface area (Å²) in [4.78, 5) is 2.37. The molecule has 1 heterocycles. The maximum atomic E-state index is 2.37. The molecule has 1 nitrogen and oxygen atoms in total. The lowest BCUT2D eigenvalue weighted by atomic mass is 9.97. The highest BCUT2D eigenvalue weighted by Gasteiger charge is 2.16. The van der Waals surface area contributed by atoms with Gasteiger partial charge in [-0.2, -0.15) is 0 Å². The lowest BCUT2D eigenvalue weighted by Crippen LogP contribution is -2.10. The van der Waals surface area contributed by atoms with Crippen molar-refractivity contribution < 1.29 is 0 Å². The van der Waals surface area contributed by atoms with Gasteiger partial charge in [0.25, 0.3) is 0 Å². The molecule has 10 rings (SSSR count). The van der Waals surface area contributed by atoms with Crippen molar-refractivity contribution in [2.75, 3.05) is 4.90 Å². The summed E-state index contributed by atoms with van der Waals surface area (Å²) in [5.41, 5.74) is 10.6. The van der Waals surface area contributed by atoms with Gasteiger partial charge < -0.3 is 4.90 Å². The summed E-state index contributed by atoms with van der Waals surface area (Å²) < 4.78 is 2.68. The summed E-state index contributed by atoms with van der Waals surface area (Å²) in [6.07, 6.45) is 0. The monoisotopic (exact) mass is 679 g/mol. The lowest BCUT2D eigenvalue weighted by Gasteiger charge is -2.26. The fraction of sp³-hybridized carbons (Fsp3) is 0. The maximum absolute atomic E-state index is 2.37. The van der Waals surface area contributed by atoms with Crippen molar-refractivity contribution in [1.29, 1.82) is 0 Å². The Labute approximate surface area is 307 Å². The Kier molecular flexibility index (Phi) is 7.41. The van der Waals surface area contributed by atoms with Gasteiger partial charge in [0.2, 0.25) is 0 Å². The van der Waals surface area contributed by atoms with Crippen molar-refractivity contribution in [3.05, 3.63) is 200 Å². The standard InChI is InChI=1S/C50H33NS/c1-2-10-34(11-3-1)35-20-26-41(27-21-35)51(43-16-8-15-40(32-43)45-19-9-14-37-12-4-6-17-44(37)45)42-28-22-36(23-29-42)39-25-31-49-48(33-39)47-30-24-38-13-5-7-18-46(38)50(47)52-49/h1-33H. The molecular formula is C50H33NS. The molecule has 0 aliphatic rings. The fourth-order valence-electron chi connectivity index (χ4n) is 7.66. The number of rotatable bonds is 6. The molecule has 52 heavy (non-hydrogen) atoms. The second-order valence-electron chi connectivity index (χ2n) is 13.3. The predicted molar refractivity (Wildman–Crippen MR) is 225 cm³/mol. The largest absolute Gasteiger partial charge is 0.310 e. The van der Waals surface area contributed by atoms with Gasteiger partial charge in [-0.25, -0.2) is 0 Å². The molecule has 0 N–H and O–H groups in total. The van der Waals surface area contributed by atoms with Crippen LogP contribution in [-0.2, 0) is 0 Å². The van der Waals surface area contributed by atoms with E-state index in [0.29, 0.717) is 0 Å². The third-order valence-corrected chi connectivity index (χ3v) is 11.5. The molecule has 0 amide bonds. The van der Waals surface area contributed by atoms with Crippen LogP contribution >= 0.6 is 11.3 Å². The highest BCUT2D eigenvalue weighted by molar-refractivity contribution is 7.26. The number of benzene rings is 9. The molecule has 0 bridgehead atoms. The van der Waals surface area contributed by atoms with E-state index in [1.807, 2.05) is 11.3 Å². The Bertz CT molecular complexity index is 2880. The minimum absolute atomic E-state index is 1.11. The van der Waals surface area contributed by atoms with Crippen molar-refractivity contribution in [2.45, 2.75) is 0 Å². The summed E-state index contributed by atoms with van der Waals surface area (Å²) in [5, 5.41) is 7.77. The normalized spacial score (nSPS) is 11.5. The molecule has 0 spiro atoms. The average molecular weight is 680 g/mol. The Hall–Kier alpha value is -6.48. The first-order valence-corrected chi connectivity index (χ1v) is 18.6. The zero-order chi connectivity index (χ0) is 34.4. The molecule has 0 atom stereocenters. The summed E-state index contributed by atoms with van der Waals surface area (Å²) in [5.74, 6) is 0. The summed E-state index contributed by atoms with van der Waals surface area (Å²) >= 11 is 1.89. The van der Waals surface area contributed by atoms with Crippen LogP contribution in [0.5, 0.6) is 0 Å². The minimum Gasteiger partial charge on any atom is -0.310 e. The third-order valence-electron chi connectivity index (χ3n) is 10.3. The smallest absolute Gasteiger partial charge is 0.0467 e. The summed E-state index contributed by atoms with van der Waals surface area (Å²) in [6.45, 7) is 0. The second-order valence-corrected chi connectivity index (χ2v) is 14.4. The van der Waals surface area contributed by atoms with Gasteiger partial charge in [0.1, 0.15) is 0 Å². The average Bonchev–Trinajstić information content (AvgIpc) is 3.60. The molecule has 0 unspecified atom stereocenters. The van der Waals surface area contributed by atoms with Crippen LogP contribution in [0.15, 0.2) is 200 Å². The van der Waals surface area contributed by atoms with Crippen LogP contribution in [0.1, 0.15) is 0 Å². The molecule has 0 saturated carbocycles. The molecule has 10 aromatic rings. The van der Waals surface area contributed by atoms with E-state index in [-0.39, 0.29) is 0 Å². The molecule has 0 saturated heterocycles. The van der Waals surface area contributed by atoms with Crippen LogP contribution in [0, 0.1) is 0 Å². The number of thiophene rings is 1. The van der Waals surface area contributed by atoms with Gasteiger partial charge in [0.15, 0.2) is 0 Å². The first-order valence-electron chi connectivity index (χ1n) is 17.8. The highest BCUT2D eigenvalue weighted by atomic mass is 32.1. The van der Waals surface area contributed by atoms with E-state index in [1.165, 1.54) is 75.1 Å². The van der Waals surface area contributed by atoms with Crippen LogP contribution < -0.4 is 4.90 Å². The molecule has 0 radical (unpaired) electrons. The van der Waals surface area contributed by atoms with E-state index in [2.05, 4.69) is 205 Å². The van der Waals surface area contributed by atoms with Crippen molar-refractivity contribution >= 4 is 70.1 Å². The molecule has 0 aliphatic carbocycles. The number of hydrogen-bond acceptors (Lipinski definition) is 2. The first-order chi connectivity index (χ1) is 25.8.